The van der Waals surface area contributed by atoms with E-state index in [2.05, 4.69) is 10.0 Å². The summed E-state index contributed by atoms with van der Waals surface area (Å²) in [5.74, 6) is -0.464. The van der Waals surface area contributed by atoms with Gasteiger partial charge in [-0.05, 0) is 49.4 Å². The Balaban J connectivity index is 1.49. The number of para-hydroxylation sites is 2. The van der Waals surface area contributed by atoms with Crippen molar-refractivity contribution in [2.45, 2.75) is 11.8 Å². The van der Waals surface area contributed by atoms with Crippen molar-refractivity contribution < 1.29 is 27.7 Å². The molecule has 1 aliphatic rings. The molecule has 1 heterocycles. The van der Waals surface area contributed by atoms with Crippen LogP contribution in [-0.2, 0) is 14.8 Å². The molecule has 0 saturated carbocycles. The number of amides is 2. The van der Waals surface area contributed by atoms with Gasteiger partial charge >= 0.3 is 6.09 Å². The maximum absolute atomic E-state index is 12.8. The molecule has 4 rings (SSSR count). The average Bonchev–Trinajstić information content (AvgIpc) is 3.25. The third-order valence-electron chi connectivity index (χ3n) is 5.29. The van der Waals surface area contributed by atoms with E-state index in [9.17, 15) is 28.1 Å². The number of aryl methyl sites for hydroxylation is 1. The van der Waals surface area contributed by atoms with Crippen LogP contribution in [-0.4, -0.2) is 38.5 Å². The van der Waals surface area contributed by atoms with Crippen molar-refractivity contribution in [1.29, 1.82) is 0 Å². The summed E-state index contributed by atoms with van der Waals surface area (Å²) in [6, 6.07) is 16.1. The Labute approximate surface area is 200 Å². The Hall–Kier alpha value is -4.45. The summed E-state index contributed by atoms with van der Waals surface area (Å²) in [5, 5.41) is 13.9. The lowest BCUT2D eigenvalue weighted by Gasteiger charge is -2.17. The lowest BCUT2D eigenvalue weighted by atomic mass is 10.2. The summed E-state index contributed by atoms with van der Waals surface area (Å²) in [7, 11) is -4.09. The molecular formula is C23H20N4O7S. The molecule has 0 aromatic heterocycles. The summed E-state index contributed by atoms with van der Waals surface area (Å²) in [4.78, 5) is 36.3. The normalized spacial score (nSPS) is 13.3. The number of carbonyl (C=O) groups excluding carboxylic acids is 2. The lowest BCUT2D eigenvalue weighted by Crippen LogP contribution is -2.25. The molecule has 2 amide bonds. The number of nitrogens with zero attached hydrogens (tertiary/aromatic N) is 2. The van der Waals surface area contributed by atoms with Crippen molar-refractivity contribution in [3.8, 4) is 0 Å². The SMILES string of the molecule is Cc1ccc(S(=O)(=O)Nc2ccc(C(=O)Nc3ccccc3N3CCOC3=O)cc2)cc1[N+](=O)[O-]. The Kier molecular flexibility index (Phi) is 6.38. The number of rotatable bonds is 7. The summed E-state index contributed by atoms with van der Waals surface area (Å²) in [5.41, 5.74) is 1.37. The van der Waals surface area contributed by atoms with Crippen LogP contribution in [0.15, 0.2) is 71.6 Å². The van der Waals surface area contributed by atoms with Crippen LogP contribution >= 0.6 is 0 Å². The van der Waals surface area contributed by atoms with Gasteiger partial charge in [0.15, 0.2) is 0 Å². The number of nitro benzene ring substituents is 1. The molecule has 0 aliphatic carbocycles. The quantitative estimate of drug-likeness (QED) is 0.372. The highest BCUT2D eigenvalue weighted by Gasteiger charge is 2.26. The van der Waals surface area contributed by atoms with Gasteiger partial charge < -0.3 is 10.1 Å². The topological polar surface area (TPSA) is 148 Å². The Morgan fingerprint density at radius 1 is 1.09 bits per heavy atom. The largest absolute Gasteiger partial charge is 0.447 e. The number of cyclic esters (lactones) is 1. The fraction of sp³-hybridized carbons (Fsp3) is 0.130. The number of ether oxygens (including phenoxy) is 1. The van der Waals surface area contributed by atoms with Crippen LogP contribution < -0.4 is 14.9 Å². The number of sulfonamides is 1. The number of hydrogen-bond acceptors (Lipinski definition) is 7. The molecular weight excluding hydrogens is 476 g/mol. The van der Waals surface area contributed by atoms with Gasteiger partial charge in [0.05, 0.1) is 27.7 Å². The van der Waals surface area contributed by atoms with Gasteiger partial charge in [0.1, 0.15) is 6.61 Å². The first-order valence-corrected chi connectivity index (χ1v) is 11.9. The van der Waals surface area contributed by atoms with Gasteiger partial charge in [0, 0.05) is 22.9 Å². The molecule has 0 unspecified atom stereocenters. The van der Waals surface area contributed by atoms with E-state index in [1.807, 2.05) is 0 Å². The molecule has 12 heteroatoms. The van der Waals surface area contributed by atoms with E-state index < -0.39 is 26.9 Å². The summed E-state index contributed by atoms with van der Waals surface area (Å²) >= 11 is 0. The van der Waals surface area contributed by atoms with Crippen LogP contribution in [0.5, 0.6) is 0 Å². The molecule has 0 spiro atoms. The Bertz CT molecular complexity index is 1420. The molecule has 1 aliphatic heterocycles. The highest BCUT2D eigenvalue weighted by molar-refractivity contribution is 7.92. The van der Waals surface area contributed by atoms with E-state index in [1.54, 1.807) is 24.3 Å². The minimum Gasteiger partial charge on any atom is -0.447 e. The maximum Gasteiger partial charge on any atom is 0.414 e. The van der Waals surface area contributed by atoms with Crippen molar-refractivity contribution >= 4 is 44.8 Å². The third-order valence-corrected chi connectivity index (χ3v) is 6.67. The van der Waals surface area contributed by atoms with Gasteiger partial charge in [-0.15, -0.1) is 0 Å². The van der Waals surface area contributed by atoms with Crippen LogP contribution in [0.2, 0.25) is 0 Å². The standard InChI is InChI=1S/C23H20N4O7S/c1-15-6-11-18(14-21(15)27(30)31)35(32,33)25-17-9-7-16(8-10-17)22(28)24-19-4-2-3-5-20(19)26-12-13-34-23(26)29/h2-11,14,25H,12-13H2,1H3,(H,24,28). The summed E-state index contributed by atoms with van der Waals surface area (Å²) in [6.07, 6.45) is -0.498. The van der Waals surface area contributed by atoms with Crippen molar-refractivity contribution in [2.75, 3.05) is 28.1 Å². The van der Waals surface area contributed by atoms with E-state index in [-0.39, 0.29) is 28.4 Å². The number of nitro groups is 1. The second-order valence-corrected chi connectivity index (χ2v) is 9.31. The van der Waals surface area contributed by atoms with Crippen LogP contribution in [0.25, 0.3) is 0 Å². The Morgan fingerprint density at radius 2 is 1.80 bits per heavy atom. The number of nitrogens with one attached hydrogen (secondary N) is 2. The molecule has 3 aromatic rings. The molecule has 0 bridgehead atoms. The van der Waals surface area contributed by atoms with Crippen LogP contribution in [0.4, 0.5) is 27.5 Å². The predicted octanol–water partition coefficient (Wildman–Crippen LogP) is 3.91. The molecule has 3 aromatic carbocycles. The van der Waals surface area contributed by atoms with Crippen molar-refractivity contribution in [1.82, 2.24) is 0 Å². The fourth-order valence-corrected chi connectivity index (χ4v) is 4.56. The first-order chi connectivity index (χ1) is 16.7. The highest BCUT2D eigenvalue weighted by atomic mass is 32.2. The minimum atomic E-state index is -4.09. The van der Waals surface area contributed by atoms with E-state index in [0.717, 1.165) is 6.07 Å². The van der Waals surface area contributed by atoms with Gasteiger partial charge in [0.2, 0.25) is 0 Å². The zero-order chi connectivity index (χ0) is 25.2. The zero-order valence-electron chi connectivity index (χ0n) is 18.4. The molecule has 1 fully saturated rings. The maximum atomic E-state index is 12.8. The first-order valence-electron chi connectivity index (χ1n) is 10.4. The van der Waals surface area contributed by atoms with Crippen molar-refractivity contribution in [3.63, 3.8) is 0 Å². The van der Waals surface area contributed by atoms with Gasteiger partial charge in [0.25, 0.3) is 21.6 Å². The van der Waals surface area contributed by atoms with Crippen LogP contribution in [0.3, 0.4) is 0 Å². The molecule has 11 nitrogen and oxygen atoms in total. The van der Waals surface area contributed by atoms with Crippen LogP contribution in [0, 0.1) is 17.0 Å². The fourth-order valence-electron chi connectivity index (χ4n) is 3.48. The summed E-state index contributed by atoms with van der Waals surface area (Å²) in [6.45, 7) is 2.14. The van der Waals surface area contributed by atoms with Crippen LogP contribution in [0.1, 0.15) is 15.9 Å². The van der Waals surface area contributed by atoms with Gasteiger partial charge in [-0.25, -0.2) is 13.2 Å². The van der Waals surface area contributed by atoms with E-state index in [4.69, 9.17) is 4.74 Å². The van der Waals surface area contributed by atoms with Gasteiger partial charge in [-0.3, -0.25) is 24.5 Å². The number of carbonyl (C=O) groups is 2. The Morgan fingerprint density at radius 3 is 2.46 bits per heavy atom. The number of hydrogen-bond donors (Lipinski definition) is 2. The summed E-state index contributed by atoms with van der Waals surface area (Å²) < 4.78 is 32.7. The lowest BCUT2D eigenvalue weighted by molar-refractivity contribution is -0.385. The molecule has 2 N–H and O–H groups in total. The van der Waals surface area contributed by atoms with Gasteiger partial charge in [-0.1, -0.05) is 18.2 Å². The van der Waals surface area contributed by atoms with E-state index >= 15 is 0 Å². The second kappa shape index (κ2) is 9.43. The predicted molar refractivity (Wildman–Crippen MR) is 128 cm³/mol. The molecule has 35 heavy (non-hydrogen) atoms. The van der Waals surface area contributed by atoms with E-state index in [0.29, 0.717) is 23.5 Å². The second-order valence-electron chi connectivity index (χ2n) is 7.63. The zero-order valence-corrected chi connectivity index (χ0v) is 19.2. The molecule has 1 saturated heterocycles. The smallest absolute Gasteiger partial charge is 0.414 e. The molecule has 0 radical (unpaired) electrons. The third kappa shape index (κ3) is 5.06. The molecule has 0 atom stereocenters. The average molecular weight is 497 g/mol. The highest BCUT2D eigenvalue weighted by Crippen LogP contribution is 2.29. The monoisotopic (exact) mass is 496 g/mol. The van der Waals surface area contributed by atoms with Gasteiger partial charge in [-0.2, -0.15) is 0 Å². The number of benzene rings is 3. The number of anilines is 3. The minimum absolute atomic E-state index is 0.171. The van der Waals surface area contributed by atoms with Crippen molar-refractivity contribution in [3.05, 3.63) is 88.0 Å². The van der Waals surface area contributed by atoms with E-state index in [1.165, 1.54) is 48.2 Å². The first kappa shape index (κ1) is 23.7. The van der Waals surface area contributed by atoms with Crippen molar-refractivity contribution in [2.24, 2.45) is 0 Å². The molecule has 180 valence electrons.